The van der Waals surface area contributed by atoms with Gasteiger partial charge in [-0.15, -0.1) is 0 Å². The molecule has 0 saturated heterocycles. The van der Waals surface area contributed by atoms with E-state index in [9.17, 15) is 0 Å². The van der Waals surface area contributed by atoms with Gasteiger partial charge in [0.15, 0.2) is 0 Å². The average Bonchev–Trinajstić information content (AvgIpc) is 2.75. The summed E-state index contributed by atoms with van der Waals surface area (Å²) in [6, 6.07) is 22.6. The highest BCUT2D eigenvalue weighted by molar-refractivity contribution is 6.23. The van der Waals surface area contributed by atoms with E-state index in [2.05, 4.69) is 98.2 Å². The van der Waals surface area contributed by atoms with E-state index in [1.165, 1.54) is 43.7 Å². The van der Waals surface area contributed by atoms with E-state index in [1.54, 1.807) is 0 Å². The van der Waals surface area contributed by atoms with Crippen LogP contribution in [-0.4, -0.2) is 26.2 Å². The molecule has 0 atom stereocenters. The van der Waals surface area contributed by atoms with E-state index in [0.29, 0.717) is 0 Å². The number of nitrogens with zero attached hydrogens (tertiary/aromatic N) is 2. The second kappa shape index (κ2) is 15.2. The highest BCUT2D eigenvalue weighted by Crippen LogP contribution is 2.41. The van der Waals surface area contributed by atoms with Crippen molar-refractivity contribution in [3.63, 3.8) is 0 Å². The van der Waals surface area contributed by atoms with Crippen LogP contribution in [0.2, 0.25) is 0 Å². The Labute approximate surface area is 212 Å². The first-order valence-electron chi connectivity index (χ1n) is 10.6. The normalized spacial score (nSPS) is 9.41. The van der Waals surface area contributed by atoms with E-state index >= 15 is 0 Å². The van der Waals surface area contributed by atoms with Gasteiger partial charge < -0.3 is 9.80 Å². The number of hydrogen-bond acceptors (Lipinski definition) is 2. The lowest BCUT2D eigenvalue weighted by atomic mass is 9.94. The second-order valence-corrected chi connectivity index (χ2v) is 7.32. The molecule has 4 aromatic rings. The van der Waals surface area contributed by atoms with Crippen molar-refractivity contribution in [2.75, 3.05) is 36.0 Å². The van der Waals surface area contributed by atoms with Gasteiger partial charge in [-0.2, -0.15) is 0 Å². The Bertz CT molecular complexity index is 1030. The summed E-state index contributed by atoms with van der Waals surface area (Å²) in [4.78, 5) is 4.93. The van der Waals surface area contributed by atoms with E-state index < -0.39 is 0 Å². The molecule has 4 aromatic carbocycles. The number of rotatable bonds is 6. The maximum absolute atomic E-state index is 2.47. The fourth-order valence-corrected chi connectivity index (χ4v) is 4.56. The Morgan fingerprint density at radius 3 is 0.941 bits per heavy atom. The molecule has 0 fully saturated rings. The molecule has 0 N–H and O–H groups in total. The van der Waals surface area contributed by atoms with Crippen LogP contribution in [0.3, 0.4) is 0 Å². The lowest BCUT2D eigenvalue weighted by molar-refractivity contribution is 0.870. The third-order valence-electron chi connectivity index (χ3n) is 6.05. The highest BCUT2D eigenvalue weighted by Gasteiger charge is 2.16. The fourth-order valence-electron chi connectivity index (χ4n) is 4.56. The summed E-state index contributed by atoms with van der Waals surface area (Å²) in [5.41, 5.74) is 2.68. The van der Waals surface area contributed by atoms with Gasteiger partial charge in [0.2, 0.25) is 0 Å². The zero-order chi connectivity index (χ0) is 19.7. The summed E-state index contributed by atoms with van der Waals surface area (Å²) in [5.74, 6) is 0. The van der Waals surface area contributed by atoms with Crippen LogP contribution in [0.25, 0.3) is 32.3 Å². The van der Waals surface area contributed by atoms with Crippen LogP contribution in [0.5, 0.6) is 0 Å². The van der Waals surface area contributed by atoms with Crippen LogP contribution < -0.4 is 9.80 Å². The first kappa shape index (κ1) is 35.8. The van der Waals surface area contributed by atoms with Gasteiger partial charge in [0.1, 0.15) is 0 Å². The largest absolute Gasteiger partial charge is 0.372 e. The third-order valence-corrected chi connectivity index (χ3v) is 6.05. The van der Waals surface area contributed by atoms with Crippen molar-refractivity contribution in [3.05, 3.63) is 60.7 Å². The molecule has 0 unspecified atom stereocenters. The molecule has 0 aliphatic rings. The number of hydrogen-bond donors (Lipinski definition) is 0. The van der Waals surface area contributed by atoms with Gasteiger partial charge in [-0.1, -0.05) is 93.1 Å². The van der Waals surface area contributed by atoms with Crippen molar-refractivity contribution >= 4 is 43.7 Å². The standard InChI is InChI=1S/C26H30N2.6CH4/c1-5-27(6-2)25-17-23-20-14-10-12-16-22(20)26(28(7-3)8-4)18-24(23)19-13-9-11-15-21(19)25;;;;;;/h9-18H,5-8H2,1-4H3;6*1H4. The van der Waals surface area contributed by atoms with E-state index in [4.69, 9.17) is 0 Å². The molecule has 2 nitrogen and oxygen atoms in total. The summed E-state index contributed by atoms with van der Waals surface area (Å²) in [5, 5.41) is 8.10. The smallest absolute Gasteiger partial charge is 0.0452 e. The molecule has 4 rings (SSSR count). The Hall–Kier alpha value is -2.74. The molecule has 2 heteroatoms. The summed E-state index contributed by atoms with van der Waals surface area (Å²) in [6.07, 6.45) is 0. The lowest BCUT2D eigenvalue weighted by Gasteiger charge is -2.27. The first-order valence-corrected chi connectivity index (χ1v) is 10.6. The zero-order valence-electron chi connectivity index (χ0n) is 17.5. The van der Waals surface area contributed by atoms with Crippen molar-refractivity contribution in [3.8, 4) is 0 Å². The molecule has 0 saturated carbocycles. The van der Waals surface area contributed by atoms with Gasteiger partial charge in [-0.3, -0.25) is 0 Å². The van der Waals surface area contributed by atoms with Gasteiger partial charge in [-0.05, 0) is 61.4 Å². The number of benzene rings is 4. The SMILES string of the molecule is C.C.C.C.C.C.CCN(CC)c1cc2c3ccccc3c(N(CC)CC)cc2c2ccccc12. The van der Waals surface area contributed by atoms with Crippen LogP contribution in [-0.2, 0) is 0 Å². The Balaban J connectivity index is -0.00000160. The minimum Gasteiger partial charge on any atom is -0.372 e. The van der Waals surface area contributed by atoms with Crippen LogP contribution in [0.4, 0.5) is 11.4 Å². The molecule has 0 aliphatic carbocycles. The fraction of sp³-hybridized carbons (Fsp3) is 0.438. The molecule has 0 heterocycles. The molecule has 192 valence electrons. The maximum atomic E-state index is 2.47. The molecular weight excluding hydrogens is 412 g/mol. The minimum atomic E-state index is 0. The topological polar surface area (TPSA) is 6.48 Å². The summed E-state index contributed by atoms with van der Waals surface area (Å²) in [7, 11) is 0. The Morgan fingerprint density at radius 1 is 0.412 bits per heavy atom. The van der Waals surface area contributed by atoms with E-state index in [-0.39, 0.29) is 44.6 Å². The number of anilines is 2. The molecule has 0 aliphatic heterocycles. The molecule has 0 spiro atoms. The van der Waals surface area contributed by atoms with Crippen molar-refractivity contribution in [2.45, 2.75) is 72.3 Å². The van der Waals surface area contributed by atoms with Gasteiger partial charge in [0.25, 0.3) is 0 Å². The minimum absolute atomic E-state index is 0. The van der Waals surface area contributed by atoms with Crippen LogP contribution in [0.1, 0.15) is 72.3 Å². The predicted octanol–water partition coefficient (Wildman–Crippen LogP) is 10.7. The molecule has 0 radical (unpaired) electrons. The third kappa shape index (κ3) is 5.84. The first-order chi connectivity index (χ1) is 13.7. The molecule has 34 heavy (non-hydrogen) atoms. The maximum Gasteiger partial charge on any atom is 0.0452 e. The van der Waals surface area contributed by atoms with Crippen molar-refractivity contribution in [1.82, 2.24) is 0 Å². The van der Waals surface area contributed by atoms with Gasteiger partial charge >= 0.3 is 0 Å². The summed E-state index contributed by atoms with van der Waals surface area (Å²) >= 11 is 0. The van der Waals surface area contributed by atoms with Crippen LogP contribution in [0, 0.1) is 0 Å². The molecular formula is C32H54N2. The Kier molecular flexibility index (Phi) is 16.0. The van der Waals surface area contributed by atoms with Gasteiger partial charge in [-0.25, -0.2) is 0 Å². The molecule has 0 bridgehead atoms. The quantitative estimate of drug-likeness (QED) is 0.261. The Morgan fingerprint density at radius 2 is 0.676 bits per heavy atom. The van der Waals surface area contributed by atoms with Gasteiger partial charge in [0.05, 0.1) is 0 Å². The zero-order valence-corrected chi connectivity index (χ0v) is 17.5. The lowest BCUT2D eigenvalue weighted by Crippen LogP contribution is -2.22. The van der Waals surface area contributed by atoms with Crippen LogP contribution >= 0.6 is 0 Å². The van der Waals surface area contributed by atoms with Crippen LogP contribution in [0.15, 0.2) is 60.7 Å². The van der Waals surface area contributed by atoms with Gasteiger partial charge in [0, 0.05) is 48.3 Å². The van der Waals surface area contributed by atoms with E-state index in [0.717, 1.165) is 26.2 Å². The average molecular weight is 467 g/mol. The summed E-state index contributed by atoms with van der Waals surface area (Å²) < 4.78 is 0. The monoisotopic (exact) mass is 466 g/mol. The predicted molar refractivity (Wildman–Crippen MR) is 166 cm³/mol. The molecule has 0 aromatic heterocycles. The van der Waals surface area contributed by atoms with Crippen molar-refractivity contribution in [2.24, 2.45) is 0 Å². The van der Waals surface area contributed by atoms with Crippen molar-refractivity contribution < 1.29 is 0 Å². The molecule has 0 amide bonds. The second-order valence-electron chi connectivity index (χ2n) is 7.32. The van der Waals surface area contributed by atoms with Crippen molar-refractivity contribution in [1.29, 1.82) is 0 Å². The van der Waals surface area contributed by atoms with E-state index in [1.807, 2.05) is 0 Å². The number of fused-ring (bicyclic) bond motifs is 5. The summed E-state index contributed by atoms with van der Waals surface area (Å²) in [6.45, 7) is 13.0. The highest BCUT2D eigenvalue weighted by atomic mass is 15.1.